The molecule has 0 saturated heterocycles. The molecule has 0 radical (unpaired) electrons. The van der Waals surface area contributed by atoms with Gasteiger partial charge in [-0.15, -0.1) is 0 Å². The molecule has 2 N–H and O–H groups in total. The van der Waals surface area contributed by atoms with Gasteiger partial charge in [0.05, 0.1) is 17.7 Å². The number of nitrogens with zero attached hydrogens (tertiary/aromatic N) is 2. The van der Waals surface area contributed by atoms with E-state index >= 15 is 0 Å². The van der Waals surface area contributed by atoms with Gasteiger partial charge in [0.2, 0.25) is 0 Å². The number of likely N-dealkylation sites (N-methyl/N-ethyl adjacent to an activating group) is 1. The van der Waals surface area contributed by atoms with Crippen LogP contribution in [0, 0.1) is 0 Å². The van der Waals surface area contributed by atoms with Crippen molar-refractivity contribution in [3.63, 3.8) is 0 Å². The molecule has 1 heterocycles. The lowest BCUT2D eigenvalue weighted by Gasteiger charge is -2.35. The van der Waals surface area contributed by atoms with Crippen LogP contribution in [-0.2, 0) is 0 Å². The van der Waals surface area contributed by atoms with Gasteiger partial charge in [-0.2, -0.15) is 0 Å². The van der Waals surface area contributed by atoms with Crippen LogP contribution in [0.1, 0.15) is 46.5 Å². The number of pyridine rings is 1. The maximum atomic E-state index is 12.3. The Morgan fingerprint density at radius 2 is 2.00 bits per heavy atom. The lowest BCUT2D eigenvalue weighted by molar-refractivity contribution is 0.0267. The summed E-state index contributed by atoms with van der Waals surface area (Å²) >= 11 is 0. The third kappa shape index (κ3) is 2.96. The average molecular weight is 278 g/mol. The lowest BCUT2D eigenvalue weighted by Crippen LogP contribution is -2.46. The highest BCUT2D eigenvalue weighted by atomic mass is 16.4. The van der Waals surface area contributed by atoms with E-state index in [0.29, 0.717) is 12.0 Å². The Morgan fingerprint density at radius 3 is 2.55 bits per heavy atom. The molecule has 20 heavy (non-hydrogen) atoms. The molecule has 1 saturated carbocycles. The lowest BCUT2D eigenvalue weighted by atomic mass is 9.91. The van der Waals surface area contributed by atoms with Gasteiger partial charge < -0.3 is 15.1 Å². The molecule has 1 aliphatic rings. The smallest absolute Gasteiger partial charge is 0.354 e. The van der Waals surface area contributed by atoms with E-state index in [4.69, 9.17) is 5.11 Å². The summed E-state index contributed by atoms with van der Waals surface area (Å²) in [5.74, 6) is -1.37. The molecule has 0 bridgehead atoms. The first-order chi connectivity index (χ1) is 9.50. The van der Waals surface area contributed by atoms with Crippen molar-refractivity contribution >= 4 is 11.9 Å². The zero-order valence-corrected chi connectivity index (χ0v) is 11.3. The molecule has 6 nitrogen and oxygen atoms in total. The van der Waals surface area contributed by atoms with E-state index in [9.17, 15) is 14.7 Å². The number of aliphatic hydroxyl groups is 1. The minimum absolute atomic E-state index is 0.0955. The molecule has 1 fully saturated rings. The number of carboxylic acid groups (broad SMARTS) is 1. The van der Waals surface area contributed by atoms with Crippen molar-refractivity contribution < 1.29 is 19.8 Å². The number of aromatic carboxylic acids is 1. The fourth-order valence-electron chi connectivity index (χ4n) is 2.54. The van der Waals surface area contributed by atoms with Gasteiger partial charge in [0.1, 0.15) is 5.69 Å². The number of carbonyl (C=O) groups excluding carboxylic acids is 1. The van der Waals surface area contributed by atoms with Crippen LogP contribution in [0.5, 0.6) is 0 Å². The SMILES string of the molecule is CN(C(=O)c1ccc(C(=O)O)nc1)C1CCCCC1O. The van der Waals surface area contributed by atoms with Crippen LogP contribution in [0.4, 0.5) is 0 Å². The number of carboxylic acids is 1. The van der Waals surface area contributed by atoms with Crippen LogP contribution >= 0.6 is 0 Å². The molecular formula is C14H18N2O4. The molecule has 0 aliphatic heterocycles. The molecule has 2 unspecified atom stereocenters. The summed E-state index contributed by atoms with van der Waals surface area (Å²) < 4.78 is 0. The van der Waals surface area contributed by atoms with E-state index in [1.54, 1.807) is 7.05 Å². The number of aromatic nitrogens is 1. The second kappa shape index (κ2) is 6.00. The van der Waals surface area contributed by atoms with Crippen LogP contribution in [-0.4, -0.2) is 51.2 Å². The fourth-order valence-corrected chi connectivity index (χ4v) is 2.54. The van der Waals surface area contributed by atoms with Gasteiger partial charge in [-0.1, -0.05) is 12.8 Å². The second-order valence-corrected chi connectivity index (χ2v) is 5.07. The van der Waals surface area contributed by atoms with Crippen molar-refractivity contribution in [3.05, 3.63) is 29.6 Å². The highest BCUT2D eigenvalue weighted by molar-refractivity contribution is 5.95. The quantitative estimate of drug-likeness (QED) is 0.865. The molecule has 1 amide bonds. The van der Waals surface area contributed by atoms with Crippen molar-refractivity contribution in [3.8, 4) is 0 Å². The molecule has 1 aliphatic carbocycles. The molecule has 1 aromatic rings. The zero-order valence-electron chi connectivity index (χ0n) is 11.3. The number of hydrogen-bond acceptors (Lipinski definition) is 4. The maximum Gasteiger partial charge on any atom is 0.354 e. The fraction of sp³-hybridized carbons (Fsp3) is 0.500. The van der Waals surface area contributed by atoms with Crippen molar-refractivity contribution in [2.24, 2.45) is 0 Å². The van der Waals surface area contributed by atoms with Crippen LogP contribution in [0.3, 0.4) is 0 Å². The predicted octanol–water partition coefficient (Wildman–Crippen LogP) is 1.16. The first-order valence-corrected chi connectivity index (χ1v) is 6.65. The van der Waals surface area contributed by atoms with E-state index in [-0.39, 0.29) is 17.6 Å². The molecule has 6 heteroatoms. The van der Waals surface area contributed by atoms with Crippen LogP contribution in [0.15, 0.2) is 18.3 Å². The third-order valence-electron chi connectivity index (χ3n) is 3.74. The topological polar surface area (TPSA) is 90.7 Å². The van der Waals surface area contributed by atoms with Crippen molar-refractivity contribution in [1.82, 2.24) is 9.88 Å². The largest absolute Gasteiger partial charge is 0.477 e. The standard InChI is InChI=1S/C14H18N2O4/c1-16(11-4-2-3-5-12(11)17)13(18)9-6-7-10(14(19)20)15-8-9/h6-8,11-12,17H,2-5H2,1H3,(H,19,20). The zero-order chi connectivity index (χ0) is 14.7. The Morgan fingerprint density at radius 1 is 1.30 bits per heavy atom. The Bertz CT molecular complexity index is 500. The Labute approximate surface area is 117 Å². The summed E-state index contributed by atoms with van der Waals surface area (Å²) in [6.07, 6.45) is 4.23. The number of carbonyl (C=O) groups is 2. The minimum atomic E-state index is -1.12. The first kappa shape index (κ1) is 14.5. The number of aliphatic hydroxyl groups excluding tert-OH is 1. The van der Waals surface area contributed by atoms with E-state index < -0.39 is 12.1 Å². The van der Waals surface area contributed by atoms with Crippen LogP contribution in [0.2, 0.25) is 0 Å². The van der Waals surface area contributed by atoms with E-state index in [2.05, 4.69) is 4.98 Å². The highest BCUT2D eigenvalue weighted by Crippen LogP contribution is 2.23. The summed E-state index contributed by atoms with van der Waals surface area (Å²) in [5.41, 5.74) is 0.233. The van der Waals surface area contributed by atoms with Gasteiger partial charge in [0, 0.05) is 13.2 Å². The summed E-state index contributed by atoms with van der Waals surface area (Å²) in [6, 6.07) is 2.57. The van der Waals surface area contributed by atoms with E-state index in [0.717, 1.165) is 19.3 Å². The number of hydrogen-bond donors (Lipinski definition) is 2. The van der Waals surface area contributed by atoms with Crippen molar-refractivity contribution in [2.45, 2.75) is 37.8 Å². The maximum absolute atomic E-state index is 12.3. The van der Waals surface area contributed by atoms with E-state index in [1.165, 1.54) is 23.2 Å². The summed E-state index contributed by atoms with van der Waals surface area (Å²) in [4.78, 5) is 28.3. The molecule has 2 rings (SSSR count). The molecule has 0 aromatic carbocycles. The molecule has 2 atom stereocenters. The Hall–Kier alpha value is -1.95. The van der Waals surface area contributed by atoms with E-state index in [1.807, 2.05) is 0 Å². The van der Waals surface area contributed by atoms with Gasteiger partial charge in [0.25, 0.3) is 5.91 Å². The number of amides is 1. The normalized spacial score (nSPS) is 22.3. The Kier molecular flexibility index (Phi) is 4.34. The monoisotopic (exact) mass is 278 g/mol. The highest BCUT2D eigenvalue weighted by Gasteiger charge is 2.29. The second-order valence-electron chi connectivity index (χ2n) is 5.07. The predicted molar refractivity (Wildman–Crippen MR) is 71.6 cm³/mol. The summed E-state index contributed by atoms with van der Waals surface area (Å²) in [7, 11) is 1.66. The molecule has 1 aromatic heterocycles. The van der Waals surface area contributed by atoms with Gasteiger partial charge in [-0.3, -0.25) is 4.79 Å². The van der Waals surface area contributed by atoms with Gasteiger partial charge in [-0.25, -0.2) is 9.78 Å². The van der Waals surface area contributed by atoms with Gasteiger partial charge >= 0.3 is 5.97 Å². The number of rotatable bonds is 3. The van der Waals surface area contributed by atoms with Gasteiger partial charge in [-0.05, 0) is 25.0 Å². The summed E-state index contributed by atoms with van der Waals surface area (Å²) in [6.45, 7) is 0. The molecule has 0 spiro atoms. The average Bonchev–Trinajstić information content (AvgIpc) is 2.46. The minimum Gasteiger partial charge on any atom is -0.477 e. The van der Waals surface area contributed by atoms with Gasteiger partial charge in [0.15, 0.2) is 0 Å². The van der Waals surface area contributed by atoms with Crippen LogP contribution < -0.4 is 0 Å². The first-order valence-electron chi connectivity index (χ1n) is 6.65. The van der Waals surface area contributed by atoms with Crippen LogP contribution in [0.25, 0.3) is 0 Å². The van der Waals surface area contributed by atoms with Crippen molar-refractivity contribution in [2.75, 3.05) is 7.05 Å². The van der Waals surface area contributed by atoms with Crippen molar-refractivity contribution in [1.29, 1.82) is 0 Å². The molecular weight excluding hydrogens is 260 g/mol. The molecule has 108 valence electrons. The third-order valence-corrected chi connectivity index (χ3v) is 3.74. The summed E-state index contributed by atoms with van der Waals surface area (Å²) in [5, 5.41) is 18.7. The Balaban J connectivity index is 2.11.